The van der Waals surface area contributed by atoms with Crippen LogP contribution in [-0.4, -0.2) is 41.1 Å². The summed E-state index contributed by atoms with van der Waals surface area (Å²) in [5.74, 6) is -0.977. The second-order valence-electron chi connectivity index (χ2n) is 7.77. The van der Waals surface area contributed by atoms with Gasteiger partial charge < -0.3 is 21.4 Å². The third-order valence-electron chi connectivity index (χ3n) is 5.62. The number of aromatic amines is 1. The van der Waals surface area contributed by atoms with E-state index in [0.717, 1.165) is 22.7 Å². The maximum atomic E-state index is 13.9. The van der Waals surface area contributed by atoms with E-state index in [-0.39, 0.29) is 11.9 Å². The number of fused-ring (bicyclic) bond motifs is 1. The number of halogens is 3. The third-order valence-corrected chi connectivity index (χ3v) is 6.31. The minimum atomic E-state index is -0.630. The Hall–Kier alpha value is -3.21. The number of pyridine rings is 1. The van der Waals surface area contributed by atoms with Crippen LogP contribution in [0.3, 0.4) is 0 Å². The van der Waals surface area contributed by atoms with Crippen LogP contribution in [0, 0.1) is 11.6 Å². The molecule has 0 aliphatic rings. The minimum absolute atomic E-state index is 0.284. The SMILES string of the molecule is CNc1c(-c2cc3[nH]cnc3nc2C(Cc2cc(F)cc(F)c2)NC)ccc(Cl)c1/C(N)=N/SC. The Balaban J connectivity index is 1.93. The highest BCUT2D eigenvalue weighted by atomic mass is 35.5. The van der Waals surface area contributed by atoms with Gasteiger partial charge in [0.1, 0.15) is 17.5 Å². The van der Waals surface area contributed by atoms with Crippen molar-refractivity contribution in [3.8, 4) is 11.1 Å². The Morgan fingerprint density at radius 3 is 2.57 bits per heavy atom. The molecule has 4 rings (SSSR count). The molecule has 1 atom stereocenters. The summed E-state index contributed by atoms with van der Waals surface area (Å²) < 4.78 is 32.0. The standard InChI is InChI=1S/C24H24ClF2N7S/c1-29-18(8-12-6-13(26)9-14(27)7-12)21-16(10-19-24(33-21)32-11-31-19)15-4-5-17(25)20(22(15)30-2)23(28)34-35-3/h4-7,9-11,18,29-30H,8H2,1-3H3,(H2,28,34)(H,31,32,33). The third kappa shape index (κ3) is 5.09. The molecule has 5 N–H and O–H groups in total. The molecule has 0 spiro atoms. The van der Waals surface area contributed by atoms with Crippen LogP contribution in [0.25, 0.3) is 22.3 Å². The zero-order valence-electron chi connectivity index (χ0n) is 19.3. The van der Waals surface area contributed by atoms with Crippen LogP contribution in [0.1, 0.15) is 22.9 Å². The van der Waals surface area contributed by atoms with E-state index in [4.69, 9.17) is 22.3 Å². The first kappa shape index (κ1) is 24.9. The van der Waals surface area contributed by atoms with Crippen molar-refractivity contribution in [1.29, 1.82) is 0 Å². The lowest BCUT2D eigenvalue weighted by molar-refractivity contribution is 0.556. The second-order valence-corrected chi connectivity index (χ2v) is 8.73. The number of benzene rings is 2. The molecule has 2 aromatic heterocycles. The summed E-state index contributed by atoms with van der Waals surface area (Å²) in [4.78, 5) is 12.2. The van der Waals surface area contributed by atoms with Gasteiger partial charge in [-0.2, -0.15) is 4.40 Å². The van der Waals surface area contributed by atoms with Crippen molar-refractivity contribution in [3.05, 3.63) is 76.2 Å². The van der Waals surface area contributed by atoms with Crippen molar-refractivity contribution >= 4 is 46.2 Å². The Bertz CT molecular complexity index is 1390. The molecule has 2 aromatic carbocycles. The average molecular weight is 516 g/mol. The summed E-state index contributed by atoms with van der Waals surface area (Å²) in [6, 6.07) is 8.68. The number of hydrogen-bond donors (Lipinski definition) is 4. The largest absolute Gasteiger partial charge is 0.387 e. The van der Waals surface area contributed by atoms with Crippen LogP contribution in [0.2, 0.25) is 5.02 Å². The number of anilines is 1. The molecule has 35 heavy (non-hydrogen) atoms. The van der Waals surface area contributed by atoms with Crippen LogP contribution in [0.4, 0.5) is 14.5 Å². The van der Waals surface area contributed by atoms with E-state index in [0.29, 0.717) is 39.6 Å². The number of imidazole rings is 1. The van der Waals surface area contributed by atoms with Crippen molar-refractivity contribution in [1.82, 2.24) is 20.3 Å². The first-order valence-corrected chi connectivity index (χ1v) is 12.3. The van der Waals surface area contributed by atoms with Crippen molar-refractivity contribution in [3.63, 3.8) is 0 Å². The fourth-order valence-electron chi connectivity index (χ4n) is 4.12. The lowest BCUT2D eigenvalue weighted by Crippen LogP contribution is -2.22. The van der Waals surface area contributed by atoms with E-state index < -0.39 is 11.6 Å². The molecular weight excluding hydrogens is 492 g/mol. The van der Waals surface area contributed by atoms with Crippen LogP contribution in [-0.2, 0) is 6.42 Å². The summed E-state index contributed by atoms with van der Waals surface area (Å²) in [7, 11) is 3.55. The highest BCUT2D eigenvalue weighted by Crippen LogP contribution is 2.39. The number of nitrogens with one attached hydrogen (secondary N) is 3. The van der Waals surface area contributed by atoms with Crippen molar-refractivity contribution in [2.24, 2.45) is 10.1 Å². The topological polar surface area (TPSA) is 104 Å². The number of hydrogen-bond acceptors (Lipinski definition) is 6. The fourth-order valence-corrected chi connectivity index (χ4v) is 4.66. The van der Waals surface area contributed by atoms with Gasteiger partial charge in [-0.25, -0.2) is 18.7 Å². The average Bonchev–Trinajstić information content (AvgIpc) is 3.28. The Morgan fingerprint density at radius 1 is 1.17 bits per heavy atom. The molecule has 2 heterocycles. The molecule has 0 aliphatic carbocycles. The molecule has 0 fully saturated rings. The van der Waals surface area contributed by atoms with Gasteiger partial charge in [0.05, 0.1) is 39.9 Å². The molecule has 4 aromatic rings. The number of likely N-dealkylation sites (N-methyl/N-ethyl adjacent to an activating group) is 1. The predicted octanol–water partition coefficient (Wildman–Crippen LogP) is 5.08. The van der Waals surface area contributed by atoms with E-state index in [1.165, 1.54) is 24.1 Å². The van der Waals surface area contributed by atoms with Gasteiger partial charge in [-0.15, -0.1) is 0 Å². The van der Waals surface area contributed by atoms with Crippen molar-refractivity contribution in [2.75, 3.05) is 25.7 Å². The Kier molecular flexibility index (Phi) is 7.54. The minimum Gasteiger partial charge on any atom is -0.387 e. The van der Waals surface area contributed by atoms with Gasteiger partial charge in [0.15, 0.2) is 5.65 Å². The molecule has 0 saturated carbocycles. The van der Waals surface area contributed by atoms with Crippen molar-refractivity contribution in [2.45, 2.75) is 12.5 Å². The molecule has 0 saturated heterocycles. The highest BCUT2D eigenvalue weighted by Gasteiger charge is 2.24. The molecule has 0 aliphatic heterocycles. The molecule has 0 amide bonds. The Labute approximate surface area is 210 Å². The van der Waals surface area contributed by atoms with Gasteiger partial charge in [0, 0.05) is 30.5 Å². The van der Waals surface area contributed by atoms with E-state index in [1.54, 1.807) is 26.5 Å². The number of rotatable bonds is 8. The normalized spacial score (nSPS) is 12.8. The highest BCUT2D eigenvalue weighted by molar-refractivity contribution is 7.97. The summed E-state index contributed by atoms with van der Waals surface area (Å²) in [6.45, 7) is 0. The van der Waals surface area contributed by atoms with E-state index in [1.807, 2.05) is 18.4 Å². The molecule has 0 radical (unpaired) electrons. The zero-order chi connectivity index (χ0) is 25.1. The van der Waals surface area contributed by atoms with E-state index >= 15 is 0 Å². The first-order chi connectivity index (χ1) is 16.9. The van der Waals surface area contributed by atoms with Crippen molar-refractivity contribution < 1.29 is 8.78 Å². The molecule has 1 unspecified atom stereocenters. The van der Waals surface area contributed by atoms with E-state index in [9.17, 15) is 8.78 Å². The molecule has 11 heteroatoms. The summed E-state index contributed by atoms with van der Waals surface area (Å²) >= 11 is 7.75. The molecule has 182 valence electrons. The zero-order valence-corrected chi connectivity index (χ0v) is 20.9. The monoisotopic (exact) mass is 515 g/mol. The summed E-state index contributed by atoms with van der Waals surface area (Å²) in [5.41, 5.74) is 11.5. The number of amidine groups is 1. The lowest BCUT2D eigenvalue weighted by Gasteiger charge is -2.22. The first-order valence-electron chi connectivity index (χ1n) is 10.7. The number of aromatic nitrogens is 3. The quantitative estimate of drug-likeness (QED) is 0.148. The predicted molar refractivity (Wildman–Crippen MR) is 140 cm³/mol. The van der Waals surface area contributed by atoms with Crippen LogP contribution < -0.4 is 16.4 Å². The molecular formula is C24H24ClF2N7S. The summed E-state index contributed by atoms with van der Waals surface area (Å²) in [6.07, 6.45) is 3.67. The number of nitrogens with zero attached hydrogens (tertiary/aromatic N) is 3. The van der Waals surface area contributed by atoms with Gasteiger partial charge in [0.25, 0.3) is 0 Å². The second kappa shape index (κ2) is 10.6. The lowest BCUT2D eigenvalue weighted by atomic mass is 9.92. The van der Waals surface area contributed by atoms with Crippen LogP contribution in [0.5, 0.6) is 0 Å². The van der Waals surface area contributed by atoms with Gasteiger partial charge in [-0.3, -0.25) is 0 Å². The smallest absolute Gasteiger partial charge is 0.177 e. The van der Waals surface area contributed by atoms with Gasteiger partial charge in [-0.05, 0) is 55.2 Å². The van der Waals surface area contributed by atoms with Gasteiger partial charge in [0.2, 0.25) is 0 Å². The van der Waals surface area contributed by atoms with Gasteiger partial charge >= 0.3 is 0 Å². The summed E-state index contributed by atoms with van der Waals surface area (Å²) in [5, 5.41) is 6.89. The van der Waals surface area contributed by atoms with Crippen LogP contribution in [0.15, 0.2) is 47.1 Å². The Morgan fingerprint density at radius 2 is 1.91 bits per heavy atom. The van der Waals surface area contributed by atoms with Gasteiger partial charge in [-0.1, -0.05) is 17.7 Å². The number of H-pyrrole nitrogens is 1. The molecule has 0 bridgehead atoms. The van der Waals surface area contributed by atoms with Crippen LogP contribution >= 0.6 is 23.5 Å². The number of nitrogens with two attached hydrogens (primary N) is 1. The molecule has 7 nitrogen and oxygen atoms in total. The maximum Gasteiger partial charge on any atom is 0.177 e. The van der Waals surface area contributed by atoms with E-state index in [2.05, 4.69) is 25.0 Å². The fraction of sp³-hybridized carbons (Fsp3) is 0.208. The maximum absolute atomic E-state index is 13.9.